The van der Waals surface area contributed by atoms with Crippen LogP contribution in [-0.2, 0) is 17.6 Å². The smallest absolute Gasteiger partial charge is 0.105 e. The largest absolute Gasteiger partial charge is 0.386 e. The molecule has 3 nitrogen and oxygen atoms in total. The summed E-state index contributed by atoms with van der Waals surface area (Å²) in [6.07, 6.45) is 4.37. The van der Waals surface area contributed by atoms with Crippen LogP contribution in [0.5, 0.6) is 0 Å². The van der Waals surface area contributed by atoms with E-state index in [0.29, 0.717) is 13.2 Å². The maximum atomic E-state index is 10.5. The Hall–Kier alpha value is -0.900. The third-order valence-electron chi connectivity index (χ3n) is 5.00. The van der Waals surface area contributed by atoms with Gasteiger partial charge < -0.3 is 15.2 Å². The van der Waals surface area contributed by atoms with Gasteiger partial charge in [0.05, 0.1) is 6.10 Å². The lowest BCUT2D eigenvalue weighted by atomic mass is 9.95. The quantitative estimate of drug-likeness (QED) is 0.886. The average molecular weight is 275 g/mol. The molecule has 0 spiro atoms. The Labute approximate surface area is 121 Å². The standard InChI is InChI=1S/C17H25NO2/c1-12(18-11-17(19)8-9-20-13(17)2)15-7-6-14-4-3-5-16(14)10-15/h6-7,10,12-13,18-19H,3-5,8-9,11H2,1-2H3. The molecule has 3 heteroatoms. The molecule has 3 rings (SSSR count). The molecular formula is C17H25NO2. The number of rotatable bonds is 4. The van der Waals surface area contributed by atoms with E-state index in [1.54, 1.807) is 0 Å². The molecule has 1 aliphatic carbocycles. The Morgan fingerprint density at radius 1 is 1.40 bits per heavy atom. The minimum atomic E-state index is -0.717. The number of ether oxygens (including phenoxy) is 1. The Balaban J connectivity index is 1.63. The topological polar surface area (TPSA) is 41.5 Å². The molecule has 1 aromatic rings. The van der Waals surface area contributed by atoms with Crippen LogP contribution in [0.15, 0.2) is 18.2 Å². The van der Waals surface area contributed by atoms with Crippen LogP contribution in [0.25, 0.3) is 0 Å². The summed E-state index contributed by atoms with van der Waals surface area (Å²) >= 11 is 0. The lowest BCUT2D eigenvalue weighted by Crippen LogP contribution is -2.46. The first kappa shape index (κ1) is 14.1. The lowest BCUT2D eigenvalue weighted by Gasteiger charge is -2.28. The van der Waals surface area contributed by atoms with Gasteiger partial charge in [0.2, 0.25) is 0 Å². The van der Waals surface area contributed by atoms with Crippen LogP contribution in [0.3, 0.4) is 0 Å². The molecule has 0 bridgehead atoms. The van der Waals surface area contributed by atoms with Gasteiger partial charge in [-0.25, -0.2) is 0 Å². The van der Waals surface area contributed by atoms with Gasteiger partial charge in [-0.1, -0.05) is 18.2 Å². The third-order valence-corrected chi connectivity index (χ3v) is 5.00. The molecule has 3 atom stereocenters. The fourth-order valence-electron chi connectivity index (χ4n) is 3.31. The number of fused-ring (bicyclic) bond motifs is 1. The van der Waals surface area contributed by atoms with Crippen molar-refractivity contribution in [2.45, 2.75) is 57.3 Å². The summed E-state index contributed by atoms with van der Waals surface area (Å²) in [6, 6.07) is 7.09. The van der Waals surface area contributed by atoms with E-state index >= 15 is 0 Å². The fourth-order valence-corrected chi connectivity index (χ4v) is 3.31. The highest BCUT2D eigenvalue weighted by atomic mass is 16.5. The normalized spacial score (nSPS) is 30.4. The molecule has 2 aliphatic rings. The molecule has 1 fully saturated rings. The van der Waals surface area contributed by atoms with Crippen LogP contribution in [0.2, 0.25) is 0 Å². The summed E-state index contributed by atoms with van der Waals surface area (Å²) in [5.41, 5.74) is 3.62. The van der Waals surface area contributed by atoms with Crippen LogP contribution in [-0.4, -0.2) is 30.0 Å². The number of benzene rings is 1. The second-order valence-electron chi connectivity index (χ2n) is 6.35. The summed E-state index contributed by atoms with van der Waals surface area (Å²) in [6.45, 7) is 5.37. The maximum Gasteiger partial charge on any atom is 0.105 e. The summed E-state index contributed by atoms with van der Waals surface area (Å²) in [5.74, 6) is 0. The van der Waals surface area contributed by atoms with Crippen molar-refractivity contribution in [3.05, 3.63) is 34.9 Å². The first-order chi connectivity index (χ1) is 9.58. The van der Waals surface area contributed by atoms with Gasteiger partial charge >= 0.3 is 0 Å². The number of hydrogen-bond acceptors (Lipinski definition) is 3. The molecule has 1 aliphatic heterocycles. The second kappa shape index (κ2) is 5.47. The van der Waals surface area contributed by atoms with Gasteiger partial charge in [0.15, 0.2) is 0 Å². The fraction of sp³-hybridized carbons (Fsp3) is 0.647. The maximum absolute atomic E-state index is 10.5. The van der Waals surface area contributed by atoms with E-state index in [1.807, 2.05) is 6.92 Å². The van der Waals surface area contributed by atoms with Crippen molar-refractivity contribution >= 4 is 0 Å². The van der Waals surface area contributed by atoms with Gasteiger partial charge in [0, 0.05) is 25.6 Å². The van der Waals surface area contributed by atoms with Crippen LogP contribution < -0.4 is 5.32 Å². The predicted octanol–water partition coefficient (Wildman–Crippen LogP) is 2.37. The van der Waals surface area contributed by atoms with Gasteiger partial charge in [0.1, 0.15) is 5.60 Å². The molecule has 110 valence electrons. The zero-order valence-electron chi connectivity index (χ0n) is 12.5. The van der Waals surface area contributed by atoms with Crippen molar-refractivity contribution < 1.29 is 9.84 Å². The molecule has 0 saturated carbocycles. The van der Waals surface area contributed by atoms with Crippen molar-refractivity contribution in [3.63, 3.8) is 0 Å². The third kappa shape index (κ3) is 2.62. The first-order valence-corrected chi connectivity index (χ1v) is 7.77. The molecule has 0 aromatic heterocycles. The van der Waals surface area contributed by atoms with Gasteiger partial charge in [-0.15, -0.1) is 0 Å². The molecule has 0 amide bonds. The zero-order valence-corrected chi connectivity index (χ0v) is 12.5. The van der Waals surface area contributed by atoms with E-state index in [-0.39, 0.29) is 12.1 Å². The highest BCUT2D eigenvalue weighted by Crippen LogP contribution is 2.28. The van der Waals surface area contributed by atoms with E-state index in [4.69, 9.17) is 4.74 Å². The molecule has 1 aromatic carbocycles. The van der Waals surface area contributed by atoms with Crippen LogP contribution in [0.4, 0.5) is 0 Å². The number of aryl methyl sites for hydroxylation is 2. The Bertz CT molecular complexity index is 488. The SMILES string of the molecule is CC(NCC1(O)CCOC1C)c1ccc2c(c1)CCC2. The molecule has 20 heavy (non-hydrogen) atoms. The van der Waals surface area contributed by atoms with E-state index in [1.165, 1.54) is 36.0 Å². The monoisotopic (exact) mass is 275 g/mol. The van der Waals surface area contributed by atoms with Gasteiger partial charge in [0.25, 0.3) is 0 Å². The van der Waals surface area contributed by atoms with Gasteiger partial charge in [-0.3, -0.25) is 0 Å². The molecule has 2 N–H and O–H groups in total. The zero-order chi connectivity index (χ0) is 14.2. The van der Waals surface area contributed by atoms with Crippen molar-refractivity contribution in [1.29, 1.82) is 0 Å². The molecule has 1 heterocycles. The molecule has 1 saturated heterocycles. The van der Waals surface area contributed by atoms with Crippen molar-refractivity contribution in [2.75, 3.05) is 13.2 Å². The minimum absolute atomic E-state index is 0.0813. The minimum Gasteiger partial charge on any atom is -0.386 e. The summed E-state index contributed by atoms with van der Waals surface area (Å²) in [5, 5.41) is 14.0. The van der Waals surface area contributed by atoms with Crippen molar-refractivity contribution in [1.82, 2.24) is 5.32 Å². The number of nitrogens with one attached hydrogen (secondary N) is 1. The second-order valence-corrected chi connectivity index (χ2v) is 6.35. The van der Waals surface area contributed by atoms with Crippen LogP contribution in [0, 0.1) is 0 Å². The number of aliphatic hydroxyl groups is 1. The Morgan fingerprint density at radius 3 is 2.95 bits per heavy atom. The highest BCUT2D eigenvalue weighted by molar-refractivity contribution is 5.36. The predicted molar refractivity (Wildman–Crippen MR) is 79.9 cm³/mol. The molecule has 3 unspecified atom stereocenters. The van der Waals surface area contributed by atoms with Crippen LogP contribution >= 0.6 is 0 Å². The average Bonchev–Trinajstić information content (AvgIpc) is 3.03. The van der Waals surface area contributed by atoms with E-state index < -0.39 is 5.60 Å². The van der Waals surface area contributed by atoms with Crippen molar-refractivity contribution in [2.24, 2.45) is 0 Å². The Morgan fingerprint density at radius 2 is 2.20 bits per heavy atom. The summed E-state index contributed by atoms with van der Waals surface area (Å²) in [7, 11) is 0. The van der Waals surface area contributed by atoms with Crippen molar-refractivity contribution in [3.8, 4) is 0 Å². The van der Waals surface area contributed by atoms with Gasteiger partial charge in [-0.2, -0.15) is 0 Å². The molecular weight excluding hydrogens is 250 g/mol. The van der Waals surface area contributed by atoms with E-state index in [9.17, 15) is 5.11 Å². The highest BCUT2D eigenvalue weighted by Gasteiger charge is 2.39. The first-order valence-electron chi connectivity index (χ1n) is 7.77. The lowest BCUT2D eigenvalue weighted by molar-refractivity contribution is -0.0274. The summed E-state index contributed by atoms with van der Waals surface area (Å²) in [4.78, 5) is 0. The van der Waals surface area contributed by atoms with E-state index in [2.05, 4.69) is 30.4 Å². The molecule has 0 radical (unpaired) electrons. The summed E-state index contributed by atoms with van der Waals surface area (Å²) < 4.78 is 5.48. The van der Waals surface area contributed by atoms with E-state index in [0.717, 1.165) is 6.42 Å². The van der Waals surface area contributed by atoms with Crippen LogP contribution in [0.1, 0.15) is 49.4 Å². The number of hydrogen-bond donors (Lipinski definition) is 2. The Kier molecular flexibility index (Phi) is 3.85. The van der Waals surface area contributed by atoms with Gasteiger partial charge in [-0.05, 0) is 49.8 Å².